The molecule has 0 aromatic heterocycles. The summed E-state index contributed by atoms with van der Waals surface area (Å²) < 4.78 is 12.4. The van der Waals surface area contributed by atoms with Gasteiger partial charge >= 0.3 is 0 Å². The zero-order chi connectivity index (χ0) is 18.3. The van der Waals surface area contributed by atoms with Crippen LogP contribution in [0, 0.1) is 23.2 Å². The second kappa shape index (κ2) is 5.38. The summed E-state index contributed by atoms with van der Waals surface area (Å²) in [5, 5.41) is 0. The predicted molar refractivity (Wildman–Crippen MR) is 108 cm³/mol. The molecule has 1 aromatic carbocycles. The van der Waals surface area contributed by atoms with E-state index in [0.29, 0.717) is 5.41 Å². The molecule has 1 aromatic rings. The van der Waals surface area contributed by atoms with Crippen LogP contribution in [0.25, 0.3) is 0 Å². The summed E-state index contributed by atoms with van der Waals surface area (Å²) in [6.07, 6.45) is 8.06. The van der Waals surface area contributed by atoms with Crippen LogP contribution >= 0.6 is 0 Å². The first-order valence-electron chi connectivity index (χ1n) is 10.6. The molecule has 0 N–H and O–H groups in total. The first kappa shape index (κ1) is 17.3. The van der Waals surface area contributed by atoms with Crippen LogP contribution in [0.15, 0.2) is 18.2 Å². The van der Waals surface area contributed by atoms with Gasteiger partial charge in [-0.1, -0.05) is 13.0 Å². The molecule has 0 heterocycles. The standard InChI is InChI=1S/C23H34O2Si/c1-22-11-10-19-18-9-7-17(24-2)12-15(18)6-8-20(19)21(22)13-16-14-23(16,22)25-26(3,4)5/h7,9,12,16,19-21H,6,8,10-11,13-14H2,1-5H3/t16-,19+,20+,21-,22-,23-/m0/s1. The molecular weight excluding hydrogens is 336 g/mol. The van der Waals surface area contributed by atoms with Crippen LogP contribution in [0.4, 0.5) is 0 Å². The van der Waals surface area contributed by atoms with Crippen molar-refractivity contribution in [2.75, 3.05) is 7.11 Å². The maximum Gasteiger partial charge on any atom is 0.184 e. The molecule has 0 bridgehead atoms. The average molecular weight is 371 g/mol. The van der Waals surface area contributed by atoms with E-state index in [9.17, 15) is 0 Å². The Hall–Kier alpha value is -0.803. The van der Waals surface area contributed by atoms with Crippen molar-refractivity contribution in [3.63, 3.8) is 0 Å². The second-order valence-electron chi connectivity index (χ2n) is 10.7. The minimum atomic E-state index is -1.50. The Morgan fingerprint density at radius 2 is 1.96 bits per heavy atom. The van der Waals surface area contributed by atoms with Crippen molar-refractivity contribution in [1.29, 1.82) is 0 Å². The Bertz CT molecular complexity index is 738. The number of benzene rings is 1. The fourth-order valence-electron chi connectivity index (χ4n) is 7.34. The molecule has 0 spiro atoms. The third kappa shape index (κ3) is 2.25. The van der Waals surface area contributed by atoms with Crippen LogP contribution in [-0.4, -0.2) is 21.0 Å². The highest BCUT2D eigenvalue weighted by molar-refractivity contribution is 6.69. The van der Waals surface area contributed by atoms with Crippen molar-refractivity contribution in [3.8, 4) is 5.75 Å². The summed E-state index contributed by atoms with van der Waals surface area (Å²) in [5.41, 5.74) is 3.84. The van der Waals surface area contributed by atoms with Gasteiger partial charge in [0.15, 0.2) is 8.32 Å². The highest BCUT2D eigenvalue weighted by Gasteiger charge is 2.75. The Labute approximate surface area is 159 Å². The van der Waals surface area contributed by atoms with Gasteiger partial charge in [-0.15, -0.1) is 0 Å². The van der Waals surface area contributed by atoms with Crippen LogP contribution in [0.3, 0.4) is 0 Å². The fraction of sp³-hybridized carbons (Fsp3) is 0.739. The van der Waals surface area contributed by atoms with Crippen LogP contribution in [0.2, 0.25) is 19.6 Å². The quantitative estimate of drug-likeness (QED) is 0.629. The summed E-state index contributed by atoms with van der Waals surface area (Å²) >= 11 is 0. The Kier molecular flexibility index (Phi) is 3.58. The largest absolute Gasteiger partial charge is 0.497 e. The molecule has 5 rings (SSSR count). The number of aryl methyl sites for hydroxylation is 1. The average Bonchev–Trinajstić information content (AvgIpc) is 3.22. The number of methoxy groups -OCH3 is 1. The zero-order valence-corrected chi connectivity index (χ0v) is 18.1. The van der Waals surface area contributed by atoms with Crippen LogP contribution in [-0.2, 0) is 10.8 Å². The second-order valence-corrected chi connectivity index (χ2v) is 15.1. The summed E-state index contributed by atoms with van der Waals surface area (Å²) in [7, 11) is 0.278. The summed E-state index contributed by atoms with van der Waals surface area (Å²) in [5.74, 6) is 4.37. The third-order valence-corrected chi connectivity index (χ3v) is 9.34. The van der Waals surface area contributed by atoms with E-state index < -0.39 is 8.32 Å². The number of ether oxygens (including phenoxy) is 1. The molecule has 0 aliphatic heterocycles. The smallest absolute Gasteiger partial charge is 0.184 e. The fourth-order valence-corrected chi connectivity index (χ4v) is 8.92. The van der Waals surface area contributed by atoms with Crippen molar-refractivity contribution in [3.05, 3.63) is 29.3 Å². The summed E-state index contributed by atoms with van der Waals surface area (Å²) in [6, 6.07) is 6.84. The SMILES string of the molecule is COc1ccc2c(c1)CC[C@@H]1[C@@H]2CC[C@@]2(C)[C@H]1C[C@H]1C[C@]12O[Si](C)(C)C. The number of rotatable bonds is 3. The van der Waals surface area contributed by atoms with Gasteiger partial charge in [0.2, 0.25) is 0 Å². The maximum atomic E-state index is 6.93. The lowest BCUT2D eigenvalue weighted by Crippen LogP contribution is -2.50. The van der Waals surface area contributed by atoms with Crippen LogP contribution < -0.4 is 4.74 Å². The maximum absolute atomic E-state index is 6.93. The topological polar surface area (TPSA) is 18.5 Å². The van der Waals surface area contributed by atoms with E-state index in [2.05, 4.69) is 44.8 Å². The molecule has 0 saturated heterocycles. The molecule has 3 saturated carbocycles. The first-order chi connectivity index (χ1) is 12.3. The summed E-state index contributed by atoms with van der Waals surface area (Å²) in [6.45, 7) is 9.74. The van der Waals surface area contributed by atoms with Crippen molar-refractivity contribution < 1.29 is 9.16 Å². The van der Waals surface area contributed by atoms with Crippen molar-refractivity contribution >= 4 is 8.32 Å². The zero-order valence-electron chi connectivity index (χ0n) is 17.1. The molecule has 142 valence electrons. The molecule has 2 nitrogen and oxygen atoms in total. The third-order valence-electron chi connectivity index (χ3n) is 8.37. The van der Waals surface area contributed by atoms with E-state index in [1.807, 2.05) is 0 Å². The Morgan fingerprint density at radius 1 is 1.15 bits per heavy atom. The molecule has 3 fully saturated rings. The van der Waals surface area contributed by atoms with Gasteiger partial charge in [0.05, 0.1) is 12.7 Å². The monoisotopic (exact) mass is 370 g/mol. The normalized spacial score (nSPS) is 43.1. The lowest BCUT2D eigenvalue weighted by Gasteiger charge is -2.53. The number of hydrogen-bond donors (Lipinski definition) is 0. The van der Waals surface area contributed by atoms with Crippen LogP contribution in [0.5, 0.6) is 5.75 Å². The minimum absolute atomic E-state index is 0.243. The number of fused-ring (bicyclic) bond motifs is 7. The molecule has 6 atom stereocenters. The molecule has 0 radical (unpaired) electrons. The van der Waals surface area contributed by atoms with E-state index in [1.165, 1.54) is 38.5 Å². The Morgan fingerprint density at radius 3 is 2.69 bits per heavy atom. The van der Waals surface area contributed by atoms with Crippen LogP contribution in [0.1, 0.15) is 56.1 Å². The minimum Gasteiger partial charge on any atom is -0.497 e. The van der Waals surface area contributed by atoms with Gasteiger partial charge in [-0.25, -0.2) is 0 Å². The molecule has 26 heavy (non-hydrogen) atoms. The van der Waals surface area contributed by atoms with Gasteiger partial charge in [0.1, 0.15) is 5.75 Å². The van der Waals surface area contributed by atoms with Gasteiger partial charge in [0, 0.05) is 0 Å². The summed E-state index contributed by atoms with van der Waals surface area (Å²) in [4.78, 5) is 0. The molecular formula is C23H34O2Si. The Balaban J connectivity index is 1.46. The van der Waals surface area contributed by atoms with E-state index in [-0.39, 0.29) is 5.60 Å². The predicted octanol–water partition coefficient (Wildman–Crippen LogP) is 5.77. The van der Waals surface area contributed by atoms with E-state index in [0.717, 1.165) is 29.4 Å². The van der Waals surface area contributed by atoms with E-state index in [4.69, 9.17) is 9.16 Å². The highest BCUT2D eigenvalue weighted by Crippen LogP contribution is 2.76. The molecule has 4 aliphatic carbocycles. The van der Waals surface area contributed by atoms with E-state index >= 15 is 0 Å². The highest BCUT2D eigenvalue weighted by atomic mass is 28.4. The van der Waals surface area contributed by atoms with Gasteiger partial charge in [-0.2, -0.15) is 0 Å². The van der Waals surface area contributed by atoms with E-state index in [1.54, 1.807) is 18.2 Å². The lowest BCUT2D eigenvalue weighted by molar-refractivity contribution is -0.0484. The first-order valence-corrected chi connectivity index (χ1v) is 14.1. The van der Waals surface area contributed by atoms with Crippen molar-refractivity contribution in [1.82, 2.24) is 0 Å². The van der Waals surface area contributed by atoms with Gasteiger partial charge in [-0.05, 0) is 111 Å². The molecule has 0 unspecified atom stereocenters. The molecule has 3 heteroatoms. The van der Waals surface area contributed by atoms with Gasteiger partial charge < -0.3 is 9.16 Å². The lowest BCUT2D eigenvalue weighted by atomic mass is 9.54. The molecule has 0 amide bonds. The molecule has 4 aliphatic rings. The van der Waals surface area contributed by atoms with Crippen molar-refractivity contribution in [2.24, 2.45) is 23.2 Å². The van der Waals surface area contributed by atoms with Gasteiger partial charge in [0.25, 0.3) is 0 Å². The van der Waals surface area contributed by atoms with Gasteiger partial charge in [-0.3, -0.25) is 0 Å². The number of hydrogen-bond acceptors (Lipinski definition) is 2. The van der Waals surface area contributed by atoms with Crippen molar-refractivity contribution in [2.45, 2.75) is 76.6 Å².